The van der Waals surface area contributed by atoms with Gasteiger partial charge in [0.2, 0.25) is 5.72 Å². The predicted octanol–water partition coefficient (Wildman–Crippen LogP) is 2.96. The summed E-state index contributed by atoms with van der Waals surface area (Å²) in [7, 11) is 0. The Kier molecular flexibility index (Phi) is 4.12. The first-order chi connectivity index (χ1) is 12.2. The third kappa shape index (κ3) is 2.56. The van der Waals surface area contributed by atoms with Gasteiger partial charge in [0.1, 0.15) is 23.4 Å². The molecule has 0 spiro atoms. The minimum atomic E-state index is -1.82. The summed E-state index contributed by atoms with van der Waals surface area (Å²) >= 11 is 0. The lowest BCUT2D eigenvalue weighted by Gasteiger charge is -2.24. The van der Waals surface area contributed by atoms with Crippen LogP contribution in [0.5, 0.6) is 0 Å². The van der Waals surface area contributed by atoms with E-state index in [4.69, 9.17) is 5.41 Å². The molecule has 0 aliphatic carbocycles. The molecular weight excluding hydrogens is 312 g/mol. The quantitative estimate of drug-likeness (QED) is 0.670. The normalized spacial score (nSPS) is 18.8. The molecule has 3 rings (SSSR count). The average Bonchev–Trinajstić information content (AvgIpc) is 2.98. The maximum absolute atomic E-state index is 11.4. The van der Waals surface area contributed by atoms with Crippen molar-refractivity contribution in [2.75, 3.05) is 0 Å². The number of allylic oxidation sites excluding steroid dienone is 2. The molecular formula is C20H12N4O. The van der Waals surface area contributed by atoms with Crippen LogP contribution in [-0.2, 0) is 5.72 Å². The first-order valence-electron chi connectivity index (χ1n) is 7.44. The van der Waals surface area contributed by atoms with Crippen LogP contribution < -0.4 is 0 Å². The Morgan fingerprint density at radius 1 is 1.00 bits per heavy atom. The van der Waals surface area contributed by atoms with Gasteiger partial charge < -0.3 is 5.11 Å². The van der Waals surface area contributed by atoms with E-state index < -0.39 is 5.72 Å². The van der Waals surface area contributed by atoms with Crippen LogP contribution in [0.1, 0.15) is 11.1 Å². The summed E-state index contributed by atoms with van der Waals surface area (Å²) in [4.78, 5) is 4.28. The number of hydrogen-bond donors (Lipinski definition) is 2. The van der Waals surface area contributed by atoms with Crippen LogP contribution in [0.25, 0.3) is 5.57 Å². The Morgan fingerprint density at radius 2 is 1.60 bits per heavy atom. The minimum Gasteiger partial charge on any atom is -0.362 e. The molecule has 0 saturated carbocycles. The summed E-state index contributed by atoms with van der Waals surface area (Å²) in [6.07, 6.45) is 0. The number of rotatable bonds is 3. The van der Waals surface area contributed by atoms with Gasteiger partial charge in [0.25, 0.3) is 0 Å². The van der Waals surface area contributed by atoms with E-state index in [0.29, 0.717) is 16.7 Å². The first kappa shape index (κ1) is 16.1. The molecule has 5 heteroatoms. The molecule has 2 aromatic rings. The van der Waals surface area contributed by atoms with Gasteiger partial charge in [-0.25, -0.2) is 4.99 Å². The number of hydrogen-bond acceptors (Lipinski definition) is 5. The lowest BCUT2D eigenvalue weighted by molar-refractivity contribution is 0.114. The molecule has 0 bridgehead atoms. The van der Waals surface area contributed by atoms with Crippen LogP contribution >= 0.6 is 0 Å². The van der Waals surface area contributed by atoms with Crippen molar-refractivity contribution in [1.29, 1.82) is 15.9 Å². The summed E-state index contributed by atoms with van der Waals surface area (Å²) in [5.41, 5.74) is -0.594. The number of aliphatic hydroxyl groups is 1. The molecule has 2 aromatic carbocycles. The van der Waals surface area contributed by atoms with E-state index >= 15 is 0 Å². The fraction of sp³-hybridized carbons (Fsp3) is 0.0500. The van der Waals surface area contributed by atoms with Gasteiger partial charge in [-0.3, -0.25) is 5.41 Å². The van der Waals surface area contributed by atoms with Crippen molar-refractivity contribution in [2.45, 2.75) is 5.72 Å². The van der Waals surface area contributed by atoms with Gasteiger partial charge in [-0.05, 0) is 11.4 Å². The lowest BCUT2D eigenvalue weighted by Crippen LogP contribution is -2.23. The lowest BCUT2D eigenvalue weighted by atomic mass is 9.87. The molecule has 1 aliphatic rings. The fourth-order valence-electron chi connectivity index (χ4n) is 2.83. The van der Waals surface area contributed by atoms with Gasteiger partial charge in [-0.15, -0.1) is 0 Å². The summed E-state index contributed by atoms with van der Waals surface area (Å²) in [6.45, 7) is 0. The van der Waals surface area contributed by atoms with E-state index in [0.717, 1.165) is 0 Å². The summed E-state index contributed by atoms with van der Waals surface area (Å²) in [5.74, 6) is 2.00. The Labute approximate surface area is 144 Å². The molecule has 2 N–H and O–H groups in total. The highest BCUT2D eigenvalue weighted by Crippen LogP contribution is 2.45. The number of nitrogens with zero attached hydrogens (tertiary/aromatic N) is 3. The largest absolute Gasteiger partial charge is 0.362 e. The Balaban J connectivity index is 2.37. The summed E-state index contributed by atoms with van der Waals surface area (Å²) < 4.78 is 0. The van der Waals surface area contributed by atoms with Crippen LogP contribution in [0.3, 0.4) is 0 Å². The van der Waals surface area contributed by atoms with E-state index in [2.05, 4.69) is 4.99 Å². The first-order valence-corrected chi connectivity index (χ1v) is 7.44. The van der Waals surface area contributed by atoms with Crippen molar-refractivity contribution in [3.63, 3.8) is 0 Å². The van der Waals surface area contributed by atoms with E-state index in [1.54, 1.807) is 48.5 Å². The van der Waals surface area contributed by atoms with Crippen LogP contribution in [0.2, 0.25) is 0 Å². The van der Waals surface area contributed by atoms with Crippen LogP contribution in [0.4, 0.5) is 0 Å². The van der Waals surface area contributed by atoms with Crippen molar-refractivity contribution in [1.82, 2.24) is 0 Å². The van der Waals surface area contributed by atoms with Crippen molar-refractivity contribution in [2.24, 2.45) is 4.99 Å². The SMILES string of the molecule is N#CC(=C=N)C1=NC(O)(c2ccccc2)C(c2ccccc2)=C1C#N. The molecule has 25 heavy (non-hydrogen) atoms. The third-order valence-electron chi connectivity index (χ3n) is 3.93. The predicted molar refractivity (Wildman–Crippen MR) is 93.6 cm³/mol. The maximum Gasteiger partial charge on any atom is 0.211 e. The molecule has 1 unspecified atom stereocenters. The van der Waals surface area contributed by atoms with E-state index in [1.165, 1.54) is 0 Å². The third-order valence-corrected chi connectivity index (χ3v) is 3.93. The smallest absolute Gasteiger partial charge is 0.211 e. The molecule has 1 heterocycles. The molecule has 1 aliphatic heterocycles. The topological polar surface area (TPSA) is 104 Å². The second kappa shape index (κ2) is 6.39. The average molecular weight is 324 g/mol. The standard InChI is InChI=1S/C20H12N4O/c21-11-15(12-22)19-17(13-23)18(14-7-3-1-4-8-14)20(25,24-19)16-9-5-2-6-10-16/h1-10,21,25H. The number of nitrogens with one attached hydrogen (secondary N) is 1. The Hall–Kier alpha value is -3.76. The molecule has 0 aromatic heterocycles. The molecule has 0 saturated heterocycles. The van der Waals surface area contributed by atoms with Gasteiger partial charge in [-0.2, -0.15) is 10.5 Å². The number of aliphatic imine (C=N–C) groups is 1. The van der Waals surface area contributed by atoms with E-state index in [1.807, 2.05) is 30.1 Å². The highest BCUT2D eigenvalue weighted by atomic mass is 16.3. The van der Waals surface area contributed by atoms with Crippen molar-refractivity contribution < 1.29 is 5.11 Å². The van der Waals surface area contributed by atoms with Crippen molar-refractivity contribution in [3.05, 3.63) is 82.9 Å². The van der Waals surface area contributed by atoms with Crippen molar-refractivity contribution >= 4 is 17.2 Å². The molecule has 0 fully saturated rings. The monoisotopic (exact) mass is 324 g/mol. The van der Waals surface area contributed by atoms with Crippen LogP contribution in [0, 0.1) is 28.1 Å². The second-order valence-electron chi connectivity index (χ2n) is 5.34. The van der Waals surface area contributed by atoms with Gasteiger partial charge in [-0.1, -0.05) is 60.7 Å². The molecule has 118 valence electrons. The summed E-state index contributed by atoms with van der Waals surface area (Å²) in [6, 6.07) is 21.5. The van der Waals surface area contributed by atoms with Gasteiger partial charge >= 0.3 is 0 Å². The van der Waals surface area contributed by atoms with Crippen LogP contribution in [0.15, 0.2) is 76.8 Å². The Bertz CT molecular complexity index is 1020. The molecule has 5 nitrogen and oxygen atoms in total. The number of nitriles is 2. The Morgan fingerprint density at radius 3 is 2.12 bits per heavy atom. The van der Waals surface area contributed by atoms with Gasteiger partial charge in [0.15, 0.2) is 0 Å². The molecule has 0 amide bonds. The zero-order valence-corrected chi connectivity index (χ0v) is 13.1. The van der Waals surface area contributed by atoms with Crippen LogP contribution in [-0.4, -0.2) is 16.7 Å². The fourth-order valence-corrected chi connectivity index (χ4v) is 2.83. The van der Waals surface area contributed by atoms with E-state index in [-0.39, 0.29) is 16.9 Å². The van der Waals surface area contributed by atoms with Crippen molar-refractivity contribution in [3.8, 4) is 12.1 Å². The second-order valence-corrected chi connectivity index (χ2v) is 5.34. The van der Waals surface area contributed by atoms with Gasteiger partial charge in [0.05, 0.1) is 5.57 Å². The highest BCUT2D eigenvalue weighted by molar-refractivity contribution is 6.27. The zero-order valence-electron chi connectivity index (χ0n) is 13.1. The number of benzene rings is 2. The maximum atomic E-state index is 11.4. The minimum absolute atomic E-state index is 0.0230. The van der Waals surface area contributed by atoms with Gasteiger partial charge in [0, 0.05) is 11.1 Å². The molecule has 0 radical (unpaired) electrons. The highest BCUT2D eigenvalue weighted by Gasteiger charge is 2.44. The summed E-state index contributed by atoms with van der Waals surface area (Å²) in [5, 5.41) is 37.6. The van der Waals surface area contributed by atoms with E-state index in [9.17, 15) is 15.6 Å². The molecule has 1 atom stereocenters. The zero-order chi connectivity index (χ0) is 17.9.